The minimum atomic E-state index is -1.22. The maximum atomic E-state index is 15.9. The van der Waals surface area contributed by atoms with Crippen LogP contribution in [0.2, 0.25) is 25.7 Å². The molecule has 11 heteroatoms. The van der Waals surface area contributed by atoms with Gasteiger partial charge in [0.05, 0.1) is 5.69 Å². The van der Waals surface area contributed by atoms with Crippen LogP contribution in [0.5, 0.6) is 0 Å². The van der Waals surface area contributed by atoms with Crippen LogP contribution in [0.4, 0.5) is 15.0 Å². The maximum Gasteiger partial charge on any atom is 0.408 e. The topological polar surface area (TPSA) is 107 Å². The van der Waals surface area contributed by atoms with E-state index in [1.54, 1.807) is 12.1 Å². The van der Waals surface area contributed by atoms with E-state index in [-0.39, 0.29) is 17.6 Å². The number of nitrogens with one attached hydrogen (secondary N) is 2. The molecule has 9 nitrogen and oxygen atoms in total. The van der Waals surface area contributed by atoms with Crippen molar-refractivity contribution in [2.75, 3.05) is 11.9 Å². The van der Waals surface area contributed by atoms with Crippen molar-refractivity contribution in [3.05, 3.63) is 29.5 Å². The Morgan fingerprint density at radius 1 is 1.02 bits per heavy atom. The van der Waals surface area contributed by atoms with Gasteiger partial charge in [-0.3, -0.25) is 4.79 Å². The quantitative estimate of drug-likeness (QED) is 0.124. The molecule has 2 heterocycles. The Balaban J connectivity index is 1.58. The highest BCUT2D eigenvalue weighted by Gasteiger charge is 2.42. The number of halogens is 1. The van der Waals surface area contributed by atoms with Crippen molar-refractivity contribution in [1.29, 1.82) is 0 Å². The van der Waals surface area contributed by atoms with E-state index in [1.165, 1.54) is 12.8 Å². The van der Waals surface area contributed by atoms with E-state index >= 15 is 4.39 Å². The number of pyridine rings is 1. The monoisotopic (exact) mass is 685 g/mol. The van der Waals surface area contributed by atoms with Crippen LogP contribution < -0.4 is 10.6 Å². The van der Waals surface area contributed by atoms with Gasteiger partial charge in [0.1, 0.15) is 24.2 Å². The number of anilines is 1. The van der Waals surface area contributed by atoms with Crippen LogP contribution in [0.25, 0.3) is 11.1 Å². The molecule has 0 radical (unpaired) electrons. The van der Waals surface area contributed by atoms with E-state index < -0.39 is 31.8 Å². The molecule has 2 aromatic rings. The van der Waals surface area contributed by atoms with Crippen LogP contribution >= 0.6 is 0 Å². The van der Waals surface area contributed by atoms with E-state index in [9.17, 15) is 9.59 Å². The Bertz CT molecular complexity index is 1350. The molecule has 2 saturated carbocycles. The summed E-state index contributed by atoms with van der Waals surface area (Å²) in [6, 6.07) is 3.54. The van der Waals surface area contributed by atoms with Crippen molar-refractivity contribution >= 4 is 25.9 Å². The minimum Gasteiger partial charge on any atom is -0.444 e. The summed E-state index contributed by atoms with van der Waals surface area (Å²) in [5.41, 5.74) is 1.90. The number of carbonyl (C=O) groups excluding carboxylic acids is 2. The largest absolute Gasteiger partial charge is 0.444 e. The zero-order valence-electron chi connectivity index (χ0n) is 30.7. The third kappa shape index (κ3) is 10.6. The van der Waals surface area contributed by atoms with Gasteiger partial charge in [-0.25, -0.2) is 14.5 Å². The van der Waals surface area contributed by atoms with E-state index in [2.05, 4.69) is 40.4 Å². The summed E-state index contributed by atoms with van der Waals surface area (Å²) in [4.78, 5) is 31.6. The van der Waals surface area contributed by atoms with Gasteiger partial charge in [-0.05, 0) is 70.0 Å². The number of amides is 2. The lowest BCUT2D eigenvalue weighted by Crippen LogP contribution is -2.54. The lowest BCUT2D eigenvalue weighted by atomic mass is 9.66. The molecule has 48 heavy (non-hydrogen) atoms. The highest BCUT2D eigenvalue weighted by atomic mass is 28.3. The number of ether oxygens (including phenoxy) is 2. The van der Waals surface area contributed by atoms with Gasteiger partial charge in [0.25, 0.3) is 0 Å². The molecule has 2 aliphatic rings. The second kappa shape index (κ2) is 16.7. The van der Waals surface area contributed by atoms with Gasteiger partial charge in [-0.2, -0.15) is 9.49 Å². The van der Waals surface area contributed by atoms with Crippen LogP contribution in [0.1, 0.15) is 103 Å². The van der Waals surface area contributed by atoms with Gasteiger partial charge in [-0.15, -0.1) is 0 Å². The van der Waals surface area contributed by atoms with Gasteiger partial charge in [-0.1, -0.05) is 90.8 Å². The number of hydrogen-bond donors (Lipinski definition) is 2. The van der Waals surface area contributed by atoms with Crippen LogP contribution in [0, 0.1) is 30.6 Å². The van der Waals surface area contributed by atoms with Crippen LogP contribution in [0.3, 0.4) is 0 Å². The number of hydrogen-bond acceptors (Lipinski definition) is 6. The van der Waals surface area contributed by atoms with Crippen LogP contribution in [-0.4, -0.2) is 53.1 Å². The molecular formula is C37H60FN5O4Si. The van der Waals surface area contributed by atoms with Crippen molar-refractivity contribution < 1.29 is 23.5 Å². The Hall–Kier alpha value is -2.79. The first-order chi connectivity index (χ1) is 22.7. The average molecular weight is 686 g/mol. The summed E-state index contributed by atoms with van der Waals surface area (Å²) in [6.07, 6.45) is 11.1. The molecule has 0 unspecified atom stereocenters. The van der Waals surface area contributed by atoms with E-state index in [0.717, 1.165) is 63.1 Å². The predicted molar refractivity (Wildman–Crippen MR) is 192 cm³/mol. The van der Waals surface area contributed by atoms with Gasteiger partial charge >= 0.3 is 6.09 Å². The average Bonchev–Trinajstić information content (AvgIpc) is 3.33. The highest BCUT2D eigenvalue weighted by molar-refractivity contribution is 6.76. The summed E-state index contributed by atoms with van der Waals surface area (Å²) >= 11 is 0. The second-order valence-electron chi connectivity index (χ2n) is 16.1. The van der Waals surface area contributed by atoms with Crippen molar-refractivity contribution in [3.63, 3.8) is 0 Å². The molecule has 2 aliphatic carbocycles. The molecule has 0 bridgehead atoms. The molecule has 4 rings (SSSR count). The smallest absolute Gasteiger partial charge is 0.408 e. The first kappa shape index (κ1) is 38.0. The number of alkyl carbamates (subject to hydrolysis) is 1. The molecule has 1 atom stereocenters. The third-order valence-corrected chi connectivity index (χ3v) is 11.6. The lowest BCUT2D eigenvalue weighted by molar-refractivity contribution is -0.121. The fourth-order valence-corrected chi connectivity index (χ4v) is 8.36. The number of carbonyl (C=O) groups is 2. The first-order valence-electron chi connectivity index (χ1n) is 18.3. The summed E-state index contributed by atoms with van der Waals surface area (Å²) in [7, 11) is -1.22. The summed E-state index contributed by atoms with van der Waals surface area (Å²) < 4.78 is 29.3. The van der Waals surface area contributed by atoms with Crippen molar-refractivity contribution in [2.45, 2.75) is 149 Å². The van der Waals surface area contributed by atoms with E-state index in [1.807, 2.05) is 39.3 Å². The van der Waals surface area contributed by atoms with E-state index in [4.69, 9.17) is 9.47 Å². The summed E-state index contributed by atoms with van der Waals surface area (Å²) in [6.45, 7) is 17.2. The molecular weight excluding hydrogens is 626 g/mol. The van der Waals surface area contributed by atoms with E-state index in [0.29, 0.717) is 48.4 Å². The molecule has 0 saturated heterocycles. The highest BCUT2D eigenvalue weighted by Crippen LogP contribution is 2.42. The Morgan fingerprint density at radius 2 is 1.62 bits per heavy atom. The predicted octanol–water partition coefficient (Wildman–Crippen LogP) is 8.88. The fraction of sp³-hybridized carbons (Fsp3) is 0.730. The Morgan fingerprint density at radius 3 is 2.15 bits per heavy atom. The second-order valence-corrected chi connectivity index (χ2v) is 21.8. The first-order valence-corrected chi connectivity index (χ1v) is 22.0. The molecule has 2 aromatic heterocycles. The number of aryl methyl sites for hydroxylation is 1. The van der Waals surface area contributed by atoms with Crippen molar-refractivity contribution in [3.8, 4) is 11.1 Å². The molecule has 268 valence electrons. The number of aromatic nitrogens is 3. The fourth-order valence-electron chi connectivity index (χ4n) is 7.61. The summed E-state index contributed by atoms with van der Waals surface area (Å²) in [5, 5.41) is 10.5. The Kier molecular flexibility index (Phi) is 13.3. The lowest BCUT2D eigenvalue weighted by Gasteiger charge is -2.42. The molecule has 2 fully saturated rings. The molecule has 2 N–H and O–H groups in total. The molecule has 0 spiro atoms. The van der Waals surface area contributed by atoms with Crippen molar-refractivity contribution in [1.82, 2.24) is 20.1 Å². The Labute approximate surface area is 288 Å². The molecule has 2 amide bonds. The maximum absolute atomic E-state index is 15.9. The molecule has 0 aromatic carbocycles. The van der Waals surface area contributed by atoms with Gasteiger partial charge in [0.2, 0.25) is 11.9 Å². The standard InChI is InChI=1S/C37H60FN5O4Si/c1-9-29-31(25(2)42-43(29)24-46-22-23-48(6,7)8)28-20-21-30(39-34(28)38)40-35(44)33(41-36(45)47-37(3,4)5)32(26-16-12-10-13-17-26)27-18-14-11-15-19-27/h20-21,26-27,32-33H,9-19,22-24H2,1-8H3,(H,41,45)(H,39,40,44)/t33-/m0/s1. The zero-order valence-corrected chi connectivity index (χ0v) is 31.7. The van der Waals surface area contributed by atoms with Crippen LogP contribution in [0.15, 0.2) is 12.1 Å². The molecule has 0 aliphatic heterocycles. The third-order valence-electron chi connectivity index (χ3n) is 9.87. The number of rotatable bonds is 13. The van der Waals surface area contributed by atoms with Gasteiger partial charge in [0, 0.05) is 31.5 Å². The summed E-state index contributed by atoms with van der Waals surface area (Å²) in [5.74, 6) is -0.331. The minimum absolute atomic E-state index is 0.0317. The van der Waals surface area contributed by atoms with Gasteiger partial charge in [0.15, 0.2) is 0 Å². The van der Waals surface area contributed by atoms with Gasteiger partial charge < -0.3 is 20.1 Å². The SMILES string of the molecule is CCc1c(-c2ccc(NC(=O)[C@@H](NC(=O)OC(C)(C)C)C(C3CCCCC3)C3CCCCC3)nc2F)c(C)nn1COCC[Si](C)(C)C. The van der Waals surface area contributed by atoms with Crippen molar-refractivity contribution in [2.24, 2.45) is 17.8 Å². The van der Waals surface area contributed by atoms with Crippen LogP contribution in [-0.2, 0) is 27.4 Å². The zero-order chi connectivity index (χ0) is 35.1. The normalized spacial score (nSPS) is 17.4. The number of nitrogens with zero attached hydrogens (tertiary/aromatic N) is 3.